The van der Waals surface area contributed by atoms with E-state index >= 15 is 0 Å². The number of hydrogen-bond acceptors (Lipinski definition) is 2. The third-order valence-corrected chi connectivity index (χ3v) is 6.60. The van der Waals surface area contributed by atoms with E-state index in [2.05, 4.69) is 15.9 Å². The molecule has 0 saturated heterocycles. The molecule has 0 aliphatic heterocycles. The Balaban J connectivity index is 2.31. The second-order valence-electron chi connectivity index (χ2n) is 8.48. The molecule has 0 unspecified atom stereocenters. The van der Waals surface area contributed by atoms with Gasteiger partial charge in [-0.1, -0.05) is 40.2 Å². The Morgan fingerprint density at radius 1 is 0.700 bits per heavy atom. The van der Waals surface area contributed by atoms with E-state index in [4.69, 9.17) is 4.74 Å². The highest BCUT2D eigenvalue weighted by Gasteiger charge is 2.95. The molecule has 0 N–H and O–H groups in total. The van der Waals surface area contributed by atoms with Crippen molar-refractivity contribution in [2.75, 3.05) is 0 Å². The van der Waals surface area contributed by atoms with Crippen molar-refractivity contribution in [3.05, 3.63) is 35.4 Å². The molecule has 0 radical (unpaired) electrons. The molecule has 2 rings (SSSR count). The van der Waals surface area contributed by atoms with Gasteiger partial charge in [-0.2, -0.15) is 74.6 Å². The molecular weight excluding hydrogens is 675 g/mol. The molecule has 1 aromatic carbocycles. The molecule has 0 aromatic heterocycles. The Morgan fingerprint density at radius 2 is 1.12 bits per heavy atom. The van der Waals surface area contributed by atoms with Gasteiger partial charge in [0, 0.05) is 6.42 Å². The van der Waals surface area contributed by atoms with Crippen LogP contribution in [0.3, 0.4) is 0 Å². The Bertz CT molecular complexity index is 1100. The van der Waals surface area contributed by atoms with Crippen molar-refractivity contribution in [2.45, 2.75) is 77.8 Å². The first-order valence-electron chi connectivity index (χ1n) is 10.2. The Hall–Kier alpha value is -2.02. The van der Waals surface area contributed by atoms with Gasteiger partial charge in [0.2, 0.25) is 0 Å². The lowest BCUT2D eigenvalue weighted by atomic mass is 9.88. The van der Waals surface area contributed by atoms with Gasteiger partial charge in [0.05, 0.1) is 11.2 Å². The van der Waals surface area contributed by atoms with E-state index in [-0.39, 0.29) is 6.42 Å². The molecule has 230 valence electrons. The Kier molecular flexibility index (Phi) is 8.60. The van der Waals surface area contributed by atoms with E-state index in [0.717, 1.165) is 0 Å². The lowest BCUT2D eigenvalue weighted by Crippen LogP contribution is -2.74. The molecule has 2 nitrogen and oxygen atoms in total. The summed E-state index contributed by atoms with van der Waals surface area (Å²) in [4.78, 5) is 11.2. The first kappa shape index (κ1) is 34.2. The van der Waals surface area contributed by atoms with E-state index < -0.39 is 77.4 Å². The van der Waals surface area contributed by atoms with Gasteiger partial charge in [-0.05, 0) is 17.5 Å². The molecule has 0 heterocycles. The molecule has 0 amide bonds. The number of ether oxygens (including phenoxy) is 1. The van der Waals surface area contributed by atoms with E-state index in [0.29, 0.717) is 11.1 Å². The zero-order valence-electron chi connectivity index (χ0n) is 18.7. The summed E-state index contributed by atoms with van der Waals surface area (Å²) in [6.07, 6.45) is -13.7. The molecule has 0 saturated carbocycles. The molecule has 0 spiro atoms. The SMILES string of the molecule is O=C(CCC(F)(F)C(F)(F)C(F)(F)C(F)(F)C(F)(F)C(F)(F)C(F)(F)C(F)(F)F)O[C@H]1c2ccccc2C[C@@H]1Br. The zero-order valence-corrected chi connectivity index (χ0v) is 20.3. The molecule has 1 aromatic rings. The van der Waals surface area contributed by atoms with Gasteiger partial charge in [0.25, 0.3) is 0 Å². The maximum atomic E-state index is 14.0. The van der Waals surface area contributed by atoms with Crippen LogP contribution in [0.1, 0.15) is 30.1 Å². The van der Waals surface area contributed by atoms with Crippen LogP contribution in [0.25, 0.3) is 0 Å². The van der Waals surface area contributed by atoms with E-state index in [1.807, 2.05) is 0 Å². The quantitative estimate of drug-likeness (QED) is 0.141. The van der Waals surface area contributed by atoms with Crippen molar-refractivity contribution in [1.29, 1.82) is 0 Å². The summed E-state index contributed by atoms with van der Waals surface area (Å²) in [5, 5.41) is 0. The Morgan fingerprint density at radius 3 is 1.60 bits per heavy atom. The van der Waals surface area contributed by atoms with Crippen LogP contribution in [0.4, 0.5) is 74.6 Å². The van der Waals surface area contributed by atoms with Crippen LogP contribution < -0.4 is 0 Å². The minimum absolute atomic E-state index is 0.190. The topological polar surface area (TPSA) is 26.3 Å². The molecule has 2 atom stereocenters. The normalized spacial score (nSPS) is 19.9. The van der Waals surface area contributed by atoms with Crippen molar-refractivity contribution in [1.82, 2.24) is 0 Å². The van der Waals surface area contributed by atoms with Crippen LogP contribution in [-0.4, -0.2) is 58.4 Å². The predicted molar refractivity (Wildman–Crippen MR) is 102 cm³/mol. The first-order valence-corrected chi connectivity index (χ1v) is 11.2. The average Bonchev–Trinajstić information content (AvgIpc) is 3.11. The maximum absolute atomic E-state index is 14.0. The number of fused-ring (bicyclic) bond motifs is 1. The van der Waals surface area contributed by atoms with Crippen LogP contribution in [0.15, 0.2) is 24.3 Å². The van der Waals surface area contributed by atoms with Crippen LogP contribution in [-0.2, 0) is 16.0 Å². The second-order valence-corrected chi connectivity index (χ2v) is 9.65. The van der Waals surface area contributed by atoms with Crippen molar-refractivity contribution >= 4 is 21.9 Å². The highest BCUT2D eigenvalue weighted by molar-refractivity contribution is 9.09. The number of esters is 1. The number of benzene rings is 1. The molecule has 40 heavy (non-hydrogen) atoms. The average molecular weight is 687 g/mol. The largest absolute Gasteiger partial charge is 0.460 e. The zero-order chi connectivity index (χ0) is 31.5. The molecule has 1 aliphatic rings. The smallest absolute Gasteiger partial charge is 0.456 e. The summed E-state index contributed by atoms with van der Waals surface area (Å²) >= 11 is 3.06. The van der Waals surface area contributed by atoms with Crippen molar-refractivity contribution in [2.24, 2.45) is 0 Å². The van der Waals surface area contributed by atoms with Crippen LogP contribution in [0.2, 0.25) is 0 Å². The highest BCUT2D eigenvalue weighted by atomic mass is 79.9. The lowest BCUT2D eigenvalue weighted by Gasteiger charge is -2.42. The fraction of sp³-hybridized carbons (Fsp3) is 0.650. The van der Waals surface area contributed by atoms with Gasteiger partial charge < -0.3 is 4.74 Å². The van der Waals surface area contributed by atoms with Gasteiger partial charge in [-0.3, -0.25) is 4.79 Å². The third-order valence-electron chi connectivity index (χ3n) is 5.79. The first-order chi connectivity index (χ1) is 17.6. The van der Waals surface area contributed by atoms with Crippen LogP contribution >= 0.6 is 15.9 Å². The Labute approximate surface area is 219 Å². The fourth-order valence-electron chi connectivity index (χ4n) is 3.46. The van der Waals surface area contributed by atoms with Crippen molar-refractivity contribution in [3.8, 4) is 0 Å². The van der Waals surface area contributed by atoms with Crippen LogP contribution in [0.5, 0.6) is 0 Å². The van der Waals surface area contributed by atoms with Gasteiger partial charge >= 0.3 is 53.6 Å². The fourth-order valence-corrected chi connectivity index (χ4v) is 4.20. The summed E-state index contributed by atoms with van der Waals surface area (Å²) in [6, 6.07) is 5.91. The minimum atomic E-state index is -8.69. The minimum Gasteiger partial charge on any atom is -0.456 e. The molecule has 20 heteroatoms. The summed E-state index contributed by atoms with van der Waals surface area (Å²) in [6.45, 7) is 0. The van der Waals surface area contributed by atoms with E-state index in [1.165, 1.54) is 18.2 Å². The highest BCUT2D eigenvalue weighted by Crippen LogP contribution is 2.64. The maximum Gasteiger partial charge on any atom is 0.460 e. The molecule has 1 aliphatic carbocycles. The monoisotopic (exact) mass is 686 g/mol. The predicted octanol–water partition coefficient (Wildman–Crippen LogP) is 8.38. The van der Waals surface area contributed by atoms with Gasteiger partial charge in [-0.15, -0.1) is 0 Å². The summed E-state index contributed by atoms with van der Waals surface area (Å²) < 4.78 is 231. The van der Waals surface area contributed by atoms with Gasteiger partial charge in [0.1, 0.15) is 6.10 Å². The van der Waals surface area contributed by atoms with Crippen molar-refractivity contribution < 1.29 is 84.2 Å². The third kappa shape index (κ3) is 4.98. The summed E-state index contributed by atoms with van der Waals surface area (Å²) in [5.41, 5.74) is 0.856. The number of alkyl halides is 18. The van der Waals surface area contributed by atoms with Crippen molar-refractivity contribution in [3.63, 3.8) is 0 Å². The summed E-state index contributed by atoms with van der Waals surface area (Å²) in [5.74, 6) is -58.8. The van der Waals surface area contributed by atoms with E-state index in [9.17, 15) is 79.4 Å². The summed E-state index contributed by atoms with van der Waals surface area (Å²) in [7, 11) is 0. The van der Waals surface area contributed by atoms with E-state index in [1.54, 1.807) is 6.07 Å². The number of hydrogen-bond donors (Lipinski definition) is 0. The lowest BCUT2D eigenvalue weighted by molar-refractivity contribution is -0.461. The number of rotatable bonds is 10. The van der Waals surface area contributed by atoms with Crippen LogP contribution in [0, 0.1) is 0 Å². The standard InChI is InChI=1S/C20H12BrF17O2/c21-10-7-8-3-1-2-4-9(8)12(10)40-11(39)5-6-13(22,23)14(24,25)15(26,27)16(28,29)17(30,31)18(32,33)19(34,35)20(36,37)38/h1-4,10,12H,5-7H2/t10-,12-/m0/s1. The van der Waals surface area contributed by atoms with Gasteiger partial charge in [0.15, 0.2) is 0 Å². The van der Waals surface area contributed by atoms with Gasteiger partial charge in [-0.25, -0.2) is 0 Å². The molecule has 0 bridgehead atoms. The number of halogens is 18. The molecule has 0 fully saturated rings. The molecular formula is C20H12BrF17O2. The number of carbonyl (C=O) groups excluding carboxylic acids is 1. The number of carbonyl (C=O) groups is 1. The second kappa shape index (κ2) is 10.1.